The van der Waals surface area contributed by atoms with Gasteiger partial charge in [-0.05, 0) is 19.1 Å². The largest absolute Gasteiger partial charge is 0.493 e. The van der Waals surface area contributed by atoms with E-state index in [2.05, 4.69) is 11.8 Å². The van der Waals surface area contributed by atoms with Crippen molar-refractivity contribution in [3.63, 3.8) is 0 Å². The lowest BCUT2D eigenvalue weighted by Gasteiger charge is -2.12. The van der Waals surface area contributed by atoms with Gasteiger partial charge < -0.3 is 14.6 Å². The molecule has 0 heterocycles. The van der Waals surface area contributed by atoms with Crippen LogP contribution in [0.2, 0.25) is 5.02 Å². The highest BCUT2D eigenvalue weighted by molar-refractivity contribution is 6.31. The molecule has 19 heavy (non-hydrogen) atoms. The number of methoxy groups -OCH3 is 1. The molecule has 1 rings (SSSR count). The number of aliphatic carboxylic acids is 1. The van der Waals surface area contributed by atoms with E-state index in [1.807, 2.05) is 0 Å². The SMILES string of the molecule is CC#CCOc1c(/C=C/C(=O)O)cc(Cl)cc1OC. The molecule has 0 saturated heterocycles. The first-order valence-electron chi connectivity index (χ1n) is 5.39. The molecule has 0 unspecified atom stereocenters. The fourth-order valence-corrected chi connectivity index (χ4v) is 1.58. The summed E-state index contributed by atoms with van der Waals surface area (Å²) in [4.78, 5) is 10.6. The molecule has 0 aliphatic rings. The number of carbonyl (C=O) groups is 1. The minimum Gasteiger partial charge on any atom is -0.493 e. The van der Waals surface area contributed by atoms with Crippen LogP contribution in [0.25, 0.3) is 6.08 Å². The molecule has 0 spiro atoms. The van der Waals surface area contributed by atoms with Crippen LogP contribution in [-0.2, 0) is 4.79 Å². The third kappa shape index (κ3) is 4.57. The predicted octanol–water partition coefficient (Wildman–Crippen LogP) is 2.85. The van der Waals surface area contributed by atoms with Crippen LogP contribution in [0.3, 0.4) is 0 Å². The summed E-state index contributed by atoms with van der Waals surface area (Å²) in [7, 11) is 1.48. The zero-order valence-corrected chi connectivity index (χ0v) is 11.3. The Bertz CT molecular complexity index is 553. The van der Waals surface area contributed by atoms with Gasteiger partial charge in [0.1, 0.15) is 6.61 Å². The normalized spacial score (nSPS) is 9.84. The lowest BCUT2D eigenvalue weighted by atomic mass is 10.1. The van der Waals surface area contributed by atoms with Crippen molar-refractivity contribution >= 4 is 23.6 Å². The van der Waals surface area contributed by atoms with E-state index in [4.69, 9.17) is 26.2 Å². The van der Waals surface area contributed by atoms with Crippen LogP contribution < -0.4 is 9.47 Å². The molecule has 0 fully saturated rings. The van der Waals surface area contributed by atoms with Crippen LogP contribution in [0.4, 0.5) is 0 Å². The van der Waals surface area contributed by atoms with Crippen LogP contribution in [0.5, 0.6) is 11.5 Å². The zero-order valence-electron chi connectivity index (χ0n) is 10.6. The molecular weight excluding hydrogens is 268 g/mol. The number of hydrogen-bond donors (Lipinski definition) is 1. The Hall–Kier alpha value is -2.12. The summed E-state index contributed by atoms with van der Waals surface area (Å²) in [5.41, 5.74) is 0.518. The minimum absolute atomic E-state index is 0.183. The van der Waals surface area contributed by atoms with Crippen LogP contribution in [-0.4, -0.2) is 24.8 Å². The Kier molecular flexibility index (Phi) is 5.77. The van der Waals surface area contributed by atoms with Crippen LogP contribution >= 0.6 is 11.6 Å². The van der Waals surface area contributed by atoms with Gasteiger partial charge in [-0.2, -0.15) is 0 Å². The van der Waals surface area contributed by atoms with E-state index >= 15 is 0 Å². The topological polar surface area (TPSA) is 55.8 Å². The molecule has 5 heteroatoms. The number of carboxylic acids is 1. The average Bonchev–Trinajstić information content (AvgIpc) is 2.37. The molecular formula is C14H13ClO4. The zero-order chi connectivity index (χ0) is 14.3. The molecule has 1 aromatic rings. The highest BCUT2D eigenvalue weighted by Crippen LogP contribution is 2.35. The lowest BCUT2D eigenvalue weighted by Crippen LogP contribution is -1.99. The standard InChI is InChI=1S/C14H13ClO4/c1-3-4-7-19-14-10(5-6-13(16)17)8-11(15)9-12(14)18-2/h5-6,8-9H,7H2,1-2H3,(H,16,17)/b6-5+. The van der Waals surface area contributed by atoms with Gasteiger partial charge in [0.15, 0.2) is 11.5 Å². The first-order valence-corrected chi connectivity index (χ1v) is 5.77. The van der Waals surface area contributed by atoms with Crippen LogP contribution in [0, 0.1) is 11.8 Å². The van der Waals surface area contributed by atoms with E-state index in [9.17, 15) is 4.79 Å². The van der Waals surface area contributed by atoms with Gasteiger partial charge in [0, 0.05) is 22.7 Å². The summed E-state index contributed by atoms with van der Waals surface area (Å²) >= 11 is 5.93. The number of ether oxygens (including phenoxy) is 2. The first-order chi connectivity index (χ1) is 9.08. The predicted molar refractivity (Wildman–Crippen MR) is 73.6 cm³/mol. The second-order valence-electron chi connectivity index (χ2n) is 3.41. The smallest absolute Gasteiger partial charge is 0.328 e. The van der Waals surface area contributed by atoms with Crippen molar-refractivity contribution in [2.24, 2.45) is 0 Å². The van der Waals surface area contributed by atoms with Crippen molar-refractivity contribution < 1.29 is 19.4 Å². The van der Waals surface area contributed by atoms with Gasteiger partial charge in [-0.25, -0.2) is 4.79 Å². The molecule has 0 aliphatic carbocycles. The number of rotatable bonds is 5. The molecule has 100 valence electrons. The summed E-state index contributed by atoms with van der Waals surface area (Å²) in [5.74, 6) is 5.23. The third-order valence-corrected chi connectivity index (χ3v) is 2.36. The Morgan fingerprint density at radius 1 is 1.53 bits per heavy atom. The van der Waals surface area contributed by atoms with Gasteiger partial charge in [0.2, 0.25) is 0 Å². The summed E-state index contributed by atoms with van der Waals surface area (Å²) in [6, 6.07) is 3.19. The van der Waals surface area contributed by atoms with Gasteiger partial charge in [-0.3, -0.25) is 0 Å². The van der Waals surface area contributed by atoms with E-state index < -0.39 is 5.97 Å². The van der Waals surface area contributed by atoms with E-state index in [-0.39, 0.29) is 6.61 Å². The van der Waals surface area contributed by atoms with Gasteiger partial charge in [-0.15, -0.1) is 5.92 Å². The Balaban J connectivity index is 3.19. The van der Waals surface area contributed by atoms with Gasteiger partial charge in [-0.1, -0.05) is 17.5 Å². The molecule has 0 radical (unpaired) electrons. The minimum atomic E-state index is -1.06. The van der Waals surface area contributed by atoms with Crippen molar-refractivity contribution in [3.8, 4) is 23.3 Å². The monoisotopic (exact) mass is 280 g/mol. The molecule has 0 atom stereocenters. The molecule has 1 aromatic carbocycles. The maximum atomic E-state index is 10.6. The first kappa shape index (κ1) is 14.9. The quantitative estimate of drug-likeness (QED) is 0.666. The van der Waals surface area contributed by atoms with Gasteiger partial charge in [0.05, 0.1) is 7.11 Å². The summed E-state index contributed by atoms with van der Waals surface area (Å²) in [6.07, 6.45) is 2.40. The van der Waals surface area contributed by atoms with Crippen LogP contribution in [0.1, 0.15) is 12.5 Å². The Morgan fingerprint density at radius 2 is 2.26 bits per heavy atom. The Morgan fingerprint density at radius 3 is 2.84 bits per heavy atom. The summed E-state index contributed by atoms with van der Waals surface area (Å²) < 4.78 is 10.7. The molecule has 0 aromatic heterocycles. The number of benzene rings is 1. The van der Waals surface area contributed by atoms with Crippen molar-refractivity contribution in [2.45, 2.75) is 6.92 Å². The molecule has 0 saturated carbocycles. The van der Waals surface area contributed by atoms with E-state index in [1.54, 1.807) is 19.1 Å². The molecule has 0 amide bonds. The summed E-state index contributed by atoms with van der Waals surface area (Å²) in [6.45, 7) is 1.89. The van der Waals surface area contributed by atoms with Crippen molar-refractivity contribution in [1.29, 1.82) is 0 Å². The van der Waals surface area contributed by atoms with Crippen molar-refractivity contribution in [3.05, 3.63) is 28.8 Å². The maximum Gasteiger partial charge on any atom is 0.328 e. The van der Waals surface area contributed by atoms with Crippen LogP contribution in [0.15, 0.2) is 18.2 Å². The highest BCUT2D eigenvalue weighted by atomic mass is 35.5. The molecule has 0 bridgehead atoms. The maximum absolute atomic E-state index is 10.6. The van der Waals surface area contributed by atoms with E-state index in [0.717, 1.165) is 6.08 Å². The van der Waals surface area contributed by atoms with Gasteiger partial charge >= 0.3 is 5.97 Å². The van der Waals surface area contributed by atoms with Gasteiger partial charge in [0.25, 0.3) is 0 Å². The second-order valence-corrected chi connectivity index (χ2v) is 3.85. The number of halogens is 1. The fourth-order valence-electron chi connectivity index (χ4n) is 1.36. The third-order valence-electron chi connectivity index (χ3n) is 2.14. The summed E-state index contributed by atoms with van der Waals surface area (Å²) in [5, 5.41) is 9.09. The average molecular weight is 281 g/mol. The molecule has 1 N–H and O–H groups in total. The van der Waals surface area contributed by atoms with Crippen molar-refractivity contribution in [1.82, 2.24) is 0 Å². The number of hydrogen-bond acceptors (Lipinski definition) is 3. The molecule has 4 nitrogen and oxygen atoms in total. The van der Waals surface area contributed by atoms with E-state index in [1.165, 1.54) is 13.2 Å². The highest BCUT2D eigenvalue weighted by Gasteiger charge is 2.11. The van der Waals surface area contributed by atoms with Crippen molar-refractivity contribution in [2.75, 3.05) is 13.7 Å². The van der Waals surface area contributed by atoms with E-state index in [0.29, 0.717) is 22.1 Å². The second kappa shape index (κ2) is 7.34. The Labute approximate surface area is 116 Å². The number of carboxylic acid groups (broad SMARTS) is 1. The molecule has 0 aliphatic heterocycles. The fraction of sp³-hybridized carbons (Fsp3) is 0.214. The lowest BCUT2D eigenvalue weighted by molar-refractivity contribution is -0.131.